The summed E-state index contributed by atoms with van der Waals surface area (Å²) in [6.07, 6.45) is -1.40. The van der Waals surface area contributed by atoms with Crippen molar-refractivity contribution in [2.45, 2.75) is 0 Å². The van der Waals surface area contributed by atoms with E-state index in [2.05, 4.69) is 0 Å². The Morgan fingerprint density at radius 3 is 2.15 bits per heavy atom. The Balaban J connectivity index is 3.03. The second-order valence-corrected chi connectivity index (χ2v) is 2.53. The zero-order valence-corrected chi connectivity index (χ0v) is 7.23. The van der Waals surface area contributed by atoms with Crippen LogP contribution in [-0.2, 0) is 0 Å². The topological polar surface area (TPSA) is 57.6 Å². The molecule has 0 heterocycles. The summed E-state index contributed by atoms with van der Waals surface area (Å²) in [7, 11) is 0. The van der Waals surface area contributed by atoms with Crippen molar-refractivity contribution in [3.63, 3.8) is 0 Å². The summed E-state index contributed by atoms with van der Waals surface area (Å²) in [6.45, 7) is 0. The van der Waals surface area contributed by atoms with Crippen molar-refractivity contribution in [3.8, 4) is 0 Å². The van der Waals surface area contributed by atoms with Crippen LogP contribution in [0.2, 0.25) is 0 Å². The van der Waals surface area contributed by atoms with Gasteiger partial charge in [-0.3, -0.25) is 4.79 Å². The van der Waals surface area contributed by atoms with E-state index in [1.807, 2.05) is 0 Å². The molecule has 0 unspecified atom stereocenters. The fourth-order valence-corrected chi connectivity index (χ4v) is 1.03. The highest BCUT2D eigenvalue weighted by atomic mass is 35.5. The summed E-state index contributed by atoms with van der Waals surface area (Å²) in [5.41, 5.74) is 0.231. The van der Waals surface area contributed by atoms with Gasteiger partial charge < -0.3 is 5.11 Å². The van der Waals surface area contributed by atoms with Crippen LogP contribution in [-0.4, -0.2) is 16.6 Å². The Morgan fingerprint density at radius 1 is 1.23 bits per heavy atom. The third-order valence-corrected chi connectivity index (χ3v) is 1.55. The number of para-hydroxylation sites is 1. The number of hydrogen-bond donors (Lipinski definition) is 1. The highest BCUT2D eigenvalue weighted by molar-refractivity contribution is 6.68. The number of imide groups is 1. The molecule has 0 aromatic heterocycles. The van der Waals surface area contributed by atoms with Crippen molar-refractivity contribution in [2.24, 2.45) is 0 Å². The number of carbonyl (C=O) groups excluding carboxylic acids is 1. The minimum Gasteiger partial charge on any atom is -0.464 e. The Kier molecular flexibility index (Phi) is 2.87. The minimum atomic E-state index is -1.40. The molecule has 0 atom stereocenters. The third kappa shape index (κ3) is 2.19. The first-order chi connectivity index (χ1) is 6.13. The predicted molar refractivity (Wildman–Crippen MR) is 48.2 cm³/mol. The Hall–Kier alpha value is -1.55. The molecule has 5 heteroatoms. The fourth-order valence-electron chi connectivity index (χ4n) is 0.864. The van der Waals surface area contributed by atoms with E-state index in [1.54, 1.807) is 18.2 Å². The van der Waals surface area contributed by atoms with E-state index in [1.165, 1.54) is 12.1 Å². The zero-order valence-electron chi connectivity index (χ0n) is 6.48. The van der Waals surface area contributed by atoms with E-state index in [-0.39, 0.29) is 5.69 Å². The van der Waals surface area contributed by atoms with Crippen LogP contribution in [0.4, 0.5) is 15.3 Å². The first kappa shape index (κ1) is 9.54. The van der Waals surface area contributed by atoms with Crippen molar-refractivity contribution in [1.82, 2.24) is 0 Å². The molecule has 1 rings (SSSR count). The summed E-state index contributed by atoms with van der Waals surface area (Å²) in [5, 5.41) is 7.57. The standard InChI is InChI=1S/C8H6ClNO3/c9-7(11)10(8(12)13)6-4-2-1-3-5-6/h1-5H,(H,12,13). The van der Waals surface area contributed by atoms with E-state index in [0.717, 1.165) is 0 Å². The molecule has 2 amide bonds. The van der Waals surface area contributed by atoms with Crippen LogP contribution in [0, 0.1) is 0 Å². The number of nitrogens with zero attached hydrogens (tertiary/aromatic N) is 1. The van der Waals surface area contributed by atoms with Gasteiger partial charge in [-0.25, -0.2) is 9.69 Å². The summed E-state index contributed by atoms with van der Waals surface area (Å²) >= 11 is 5.08. The monoisotopic (exact) mass is 199 g/mol. The SMILES string of the molecule is O=C(O)N(C(=O)Cl)c1ccccc1. The largest absolute Gasteiger partial charge is 0.464 e. The quantitative estimate of drug-likeness (QED) is 0.559. The van der Waals surface area contributed by atoms with Gasteiger partial charge in [0.2, 0.25) is 0 Å². The van der Waals surface area contributed by atoms with E-state index in [0.29, 0.717) is 4.90 Å². The number of carbonyl (C=O) groups is 2. The van der Waals surface area contributed by atoms with E-state index >= 15 is 0 Å². The molecular weight excluding hydrogens is 194 g/mol. The van der Waals surface area contributed by atoms with Gasteiger partial charge >= 0.3 is 11.5 Å². The number of amides is 2. The lowest BCUT2D eigenvalue weighted by molar-refractivity contribution is 0.202. The molecule has 0 radical (unpaired) electrons. The van der Waals surface area contributed by atoms with Gasteiger partial charge in [0.25, 0.3) is 0 Å². The Morgan fingerprint density at radius 2 is 1.77 bits per heavy atom. The minimum absolute atomic E-state index is 0.231. The second-order valence-electron chi connectivity index (χ2n) is 2.21. The maximum Gasteiger partial charge on any atom is 0.419 e. The first-order valence-corrected chi connectivity index (χ1v) is 3.78. The second kappa shape index (κ2) is 3.91. The van der Waals surface area contributed by atoms with Crippen LogP contribution in [0.15, 0.2) is 30.3 Å². The zero-order chi connectivity index (χ0) is 9.84. The molecule has 13 heavy (non-hydrogen) atoms. The maximum atomic E-state index is 10.7. The van der Waals surface area contributed by atoms with Crippen molar-refractivity contribution < 1.29 is 14.7 Å². The lowest BCUT2D eigenvalue weighted by Gasteiger charge is -2.12. The summed E-state index contributed by atoms with van der Waals surface area (Å²) in [5.74, 6) is 0. The molecule has 0 saturated heterocycles. The van der Waals surface area contributed by atoms with Gasteiger partial charge in [0.1, 0.15) is 0 Å². The molecule has 4 nitrogen and oxygen atoms in total. The van der Waals surface area contributed by atoms with Gasteiger partial charge in [0.15, 0.2) is 0 Å². The summed E-state index contributed by atoms with van der Waals surface area (Å²) in [6, 6.07) is 7.90. The van der Waals surface area contributed by atoms with Gasteiger partial charge in [-0.05, 0) is 23.7 Å². The number of benzene rings is 1. The van der Waals surface area contributed by atoms with E-state index < -0.39 is 11.5 Å². The summed E-state index contributed by atoms with van der Waals surface area (Å²) in [4.78, 5) is 21.7. The van der Waals surface area contributed by atoms with Gasteiger partial charge in [-0.2, -0.15) is 0 Å². The van der Waals surface area contributed by atoms with Gasteiger partial charge in [-0.15, -0.1) is 0 Å². The molecule has 68 valence electrons. The molecule has 0 fully saturated rings. The van der Waals surface area contributed by atoms with Crippen LogP contribution in [0.3, 0.4) is 0 Å². The van der Waals surface area contributed by atoms with Crippen molar-refractivity contribution in [2.75, 3.05) is 4.90 Å². The summed E-state index contributed by atoms with van der Waals surface area (Å²) < 4.78 is 0. The number of rotatable bonds is 1. The van der Waals surface area contributed by atoms with Gasteiger partial charge in [0, 0.05) is 0 Å². The number of hydrogen-bond acceptors (Lipinski definition) is 2. The molecule has 0 aliphatic rings. The van der Waals surface area contributed by atoms with Crippen LogP contribution < -0.4 is 4.90 Å². The number of carboxylic acid groups (broad SMARTS) is 1. The average molecular weight is 200 g/mol. The van der Waals surface area contributed by atoms with Crippen molar-refractivity contribution >= 4 is 28.7 Å². The molecule has 0 spiro atoms. The third-order valence-electron chi connectivity index (χ3n) is 1.38. The van der Waals surface area contributed by atoms with E-state index in [9.17, 15) is 9.59 Å². The maximum absolute atomic E-state index is 10.7. The first-order valence-electron chi connectivity index (χ1n) is 3.40. The smallest absolute Gasteiger partial charge is 0.419 e. The van der Waals surface area contributed by atoms with Crippen LogP contribution in [0.1, 0.15) is 0 Å². The lowest BCUT2D eigenvalue weighted by Crippen LogP contribution is -2.31. The lowest BCUT2D eigenvalue weighted by atomic mass is 10.3. The highest BCUT2D eigenvalue weighted by Crippen LogP contribution is 2.15. The molecule has 1 aromatic rings. The van der Waals surface area contributed by atoms with Crippen molar-refractivity contribution in [3.05, 3.63) is 30.3 Å². The Bertz CT molecular complexity index is 311. The molecule has 0 bridgehead atoms. The van der Waals surface area contributed by atoms with E-state index in [4.69, 9.17) is 16.7 Å². The molecule has 1 aromatic carbocycles. The highest BCUT2D eigenvalue weighted by Gasteiger charge is 2.19. The number of halogens is 1. The molecular formula is C8H6ClNO3. The van der Waals surface area contributed by atoms with Crippen LogP contribution >= 0.6 is 11.6 Å². The van der Waals surface area contributed by atoms with Crippen LogP contribution in [0.5, 0.6) is 0 Å². The van der Waals surface area contributed by atoms with Gasteiger partial charge in [-0.1, -0.05) is 18.2 Å². The predicted octanol–water partition coefficient (Wildman–Crippen LogP) is 2.53. The Labute approximate surface area is 79.3 Å². The molecule has 0 aliphatic carbocycles. The van der Waals surface area contributed by atoms with Gasteiger partial charge in [0.05, 0.1) is 5.69 Å². The fraction of sp³-hybridized carbons (Fsp3) is 0. The molecule has 1 N–H and O–H groups in total. The van der Waals surface area contributed by atoms with Crippen LogP contribution in [0.25, 0.3) is 0 Å². The average Bonchev–Trinajstić information content (AvgIpc) is 2.04. The number of anilines is 1. The molecule has 0 aliphatic heterocycles. The van der Waals surface area contributed by atoms with Crippen molar-refractivity contribution in [1.29, 1.82) is 0 Å². The molecule has 0 saturated carbocycles. The normalized spacial score (nSPS) is 9.31.